The average Bonchev–Trinajstić information content (AvgIpc) is 2.45. The van der Waals surface area contributed by atoms with Gasteiger partial charge in [-0.3, -0.25) is 4.79 Å². The van der Waals surface area contributed by atoms with Gasteiger partial charge in [0.2, 0.25) is 5.91 Å². The van der Waals surface area contributed by atoms with Crippen molar-refractivity contribution >= 4 is 11.9 Å². The molecule has 1 aliphatic heterocycles. The number of hydrogen-bond donors (Lipinski definition) is 0. The van der Waals surface area contributed by atoms with E-state index < -0.39 is 5.97 Å². The lowest BCUT2D eigenvalue weighted by Gasteiger charge is -2.33. The summed E-state index contributed by atoms with van der Waals surface area (Å²) in [6.45, 7) is 9.18. The third-order valence-corrected chi connectivity index (χ3v) is 3.74. The van der Waals surface area contributed by atoms with Gasteiger partial charge in [0.1, 0.15) is 6.61 Å². The predicted molar refractivity (Wildman–Crippen MR) is 79.2 cm³/mol. The Morgan fingerprint density at radius 3 is 2.80 bits per heavy atom. The number of hydrogen-bond acceptors (Lipinski definition) is 3. The van der Waals surface area contributed by atoms with Crippen LogP contribution in [0, 0.1) is 5.92 Å². The van der Waals surface area contributed by atoms with Crippen LogP contribution in [0.2, 0.25) is 0 Å². The molecule has 4 heteroatoms. The molecular formula is C16H27NO3. The summed E-state index contributed by atoms with van der Waals surface area (Å²) in [5, 5.41) is 0. The number of carbonyl (C=O) groups excluding carboxylic acids is 2. The van der Waals surface area contributed by atoms with Gasteiger partial charge in [0, 0.05) is 18.7 Å². The number of ether oxygens (including phenoxy) is 1. The van der Waals surface area contributed by atoms with Crippen LogP contribution in [0.15, 0.2) is 12.2 Å². The molecule has 0 saturated carbocycles. The third-order valence-electron chi connectivity index (χ3n) is 3.74. The summed E-state index contributed by atoms with van der Waals surface area (Å²) < 4.78 is 4.97. The highest BCUT2D eigenvalue weighted by atomic mass is 16.5. The Balaban J connectivity index is 2.28. The average molecular weight is 281 g/mol. The summed E-state index contributed by atoms with van der Waals surface area (Å²) in [4.78, 5) is 25.2. The molecule has 1 heterocycles. The number of rotatable bonds is 7. The Labute approximate surface area is 122 Å². The van der Waals surface area contributed by atoms with Crippen molar-refractivity contribution in [2.45, 2.75) is 52.4 Å². The summed E-state index contributed by atoms with van der Waals surface area (Å²) in [7, 11) is 0. The highest BCUT2D eigenvalue weighted by molar-refractivity contribution is 5.87. The van der Waals surface area contributed by atoms with Gasteiger partial charge < -0.3 is 9.64 Å². The molecule has 114 valence electrons. The SMILES string of the molecule is C=C(C)C(=O)OCCC(=O)N1CCCC(CCCC)C1. The van der Waals surface area contributed by atoms with E-state index in [0.717, 1.165) is 19.5 Å². The highest BCUT2D eigenvalue weighted by Gasteiger charge is 2.23. The quantitative estimate of drug-likeness (QED) is 0.532. The van der Waals surface area contributed by atoms with Crippen molar-refractivity contribution in [3.05, 3.63) is 12.2 Å². The molecule has 1 saturated heterocycles. The molecule has 0 N–H and O–H groups in total. The smallest absolute Gasteiger partial charge is 0.333 e. The number of likely N-dealkylation sites (tertiary alicyclic amines) is 1. The molecule has 0 aromatic heterocycles. The fourth-order valence-electron chi connectivity index (χ4n) is 2.53. The summed E-state index contributed by atoms with van der Waals surface area (Å²) in [6, 6.07) is 0. The molecule has 1 aliphatic rings. The van der Waals surface area contributed by atoms with E-state index >= 15 is 0 Å². The number of piperidine rings is 1. The minimum Gasteiger partial charge on any atom is -0.462 e. The maximum atomic E-state index is 12.1. The predicted octanol–water partition coefficient (Wildman–Crippen LogP) is 2.92. The molecule has 1 fully saturated rings. The van der Waals surface area contributed by atoms with E-state index in [2.05, 4.69) is 13.5 Å². The molecule has 0 spiro atoms. The van der Waals surface area contributed by atoms with Gasteiger partial charge in [-0.15, -0.1) is 0 Å². The summed E-state index contributed by atoms with van der Waals surface area (Å²) in [5.41, 5.74) is 0.370. The first-order valence-corrected chi connectivity index (χ1v) is 7.65. The molecule has 0 aromatic rings. The lowest BCUT2D eigenvalue weighted by atomic mass is 9.93. The molecule has 0 bridgehead atoms. The monoisotopic (exact) mass is 281 g/mol. The normalized spacial score (nSPS) is 18.7. The van der Waals surface area contributed by atoms with Gasteiger partial charge in [0.25, 0.3) is 0 Å². The molecule has 20 heavy (non-hydrogen) atoms. The van der Waals surface area contributed by atoms with Crippen molar-refractivity contribution in [2.75, 3.05) is 19.7 Å². The van der Waals surface area contributed by atoms with Crippen LogP contribution in [-0.2, 0) is 14.3 Å². The molecule has 4 nitrogen and oxygen atoms in total. The second kappa shape index (κ2) is 8.77. The van der Waals surface area contributed by atoms with Crippen LogP contribution in [0.4, 0.5) is 0 Å². The van der Waals surface area contributed by atoms with Crippen LogP contribution in [0.3, 0.4) is 0 Å². The molecule has 1 amide bonds. The first-order valence-electron chi connectivity index (χ1n) is 7.65. The topological polar surface area (TPSA) is 46.6 Å². The maximum absolute atomic E-state index is 12.1. The summed E-state index contributed by atoms with van der Waals surface area (Å²) in [5.74, 6) is 0.323. The second-order valence-electron chi connectivity index (χ2n) is 5.66. The number of esters is 1. The molecule has 1 rings (SSSR count). The van der Waals surface area contributed by atoms with Crippen LogP contribution in [0.1, 0.15) is 52.4 Å². The van der Waals surface area contributed by atoms with E-state index in [1.807, 2.05) is 4.90 Å². The van der Waals surface area contributed by atoms with Crippen molar-refractivity contribution in [3.63, 3.8) is 0 Å². The molecule has 0 radical (unpaired) electrons. The van der Waals surface area contributed by atoms with Crippen molar-refractivity contribution in [1.29, 1.82) is 0 Å². The molecule has 1 unspecified atom stereocenters. The molecule has 1 atom stereocenters. The summed E-state index contributed by atoms with van der Waals surface area (Å²) in [6.07, 6.45) is 6.26. The first-order chi connectivity index (χ1) is 9.54. The van der Waals surface area contributed by atoms with Gasteiger partial charge in [-0.25, -0.2) is 4.79 Å². The summed E-state index contributed by atoms with van der Waals surface area (Å²) >= 11 is 0. The second-order valence-corrected chi connectivity index (χ2v) is 5.66. The molecular weight excluding hydrogens is 254 g/mol. The van der Waals surface area contributed by atoms with Gasteiger partial charge in [-0.2, -0.15) is 0 Å². The van der Waals surface area contributed by atoms with E-state index in [1.165, 1.54) is 25.7 Å². The standard InChI is InChI=1S/C16H27NO3/c1-4-5-7-14-8-6-10-17(12-14)15(18)9-11-20-16(19)13(2)3/h14H,2,4-12H2,1,3H3. The van der Waals surface area contributed by atoms with E-state index in [4.69, 9.17) is 4.74 Å². The Hall–Kier alpha value is -1.32. The van der Waals surface area contributed by atoms with Crippen LogP contribution in [0.25, 0.3) is 0 Å². The largest absolute Gasteiger partial charge is 0.462 e. The molecule has 0 aliphatic carbocycles. The number of nitrogens with zero attached hydrogens (tertiary/aromatic N) is 1. The van der Waals surface area contributed by atoms with Crippen LogP contribution < -0.4 is 0 Å². The Bertz CT molecular complexity index is 352. The van der Waals surface area contributed by atoms with Crippen LogP contribution in [0.5, 0.6) is 0 Å². The zero-order valence-electron chi connectivity index (χ0n) is 12.8. The van der Waals surface area contributed by atoms with Crippen LogP contribution in [-0.4, -0.2) is 36.5 Å². The maximum Gasteiger partial charge on any atom is 0.333 e. The van der Waals surface area contributed by atoms with E-state index in [9.17, 15) is 9.59 Å². The van der Waals surface area contributed by atoms with E-state index in [0.29, 0.717) is 11.5 Å². The Kier molecular flexibility index (Phi) is 7.34. The minimum absolute atomic E-state index is 0.0979. The fourth-order valence-corrected chi connectivity index (χ4v) is 2.53. The van der Waals surface area contributed by atoms with E-state index in [-0.39, 0.29) is 18.9 Å². The highest BCUT2D eigenvalue weighted by Crippen LogP contribution is 2.22. The van der Waals surface area contributed by atoms with Gasteiger partial charge in [0.15, 0.2) is 0 Å². The lowest BCUT2D eigenvalue weighted by Crippen LogP contribution is -2.40. The fraction of sp³-hybridized carbons (Fsp3) is 0.750. The Morgan fingerprint density at radius 2 is 2.15 bits per heavy atom. The van der Waals surface area contributed by atoms with Gasteiger partial charge in [0.05, 0.1) is 6.42 Å². The van der Waals surface area contributed by atoms with Crippen molar-refractivity contribution in [1.82, 2.24) is 4.90 Å². The van der Waals surface area contributed by atoms with Crippen molar-refractivity contribution < 1.29 is 14.3 Å². The van der Waals surface area contributed by atoms with Gasteiger partial charge in [-0.05, 0) is 32.1 Å². The Morgan fingerprint density at radius 1 is 1.40 bits per heavy atom. The van der Waals surface area contributed by atoms with Crippen LogP contribution >= 0.6 is 0 Å². The number of unbranched alkanes of at least 4 members (excludes halogenated alkanes) is 1. The molecule has 0 aromatic carbocycles. The van der Waals surface area contributed by atoms with Gasteiger partial charge >= 0.3 is 5.97 Å². The zero-order valence-corrected chi connectivity index (χ0v) is 12.8. The number of carbonyl (C=O) groups is 2. The third kappa shape index (κ3) is 5.76. The van der Waals surface area contributed by atoms with Crippen molar-refractivity contribution in [2.24, 2.45) is 5.92 Å². The first kappa shape index (κ1) is 16.7. The lowest BCUT2D eigenvalue weighted by molar-refractivity contribution is -0.141. The van der Waals surface area contributed by atoms with Gasteiger partial charge in [-0.1, -0.05) is 26.3 Å². The van der Waals surface area contributed by atoms with Crippen molar-refractivity contribution in [3.8, 4) is 0 Å². The number of amides is 1. The van der Waals surface area contributed by atoms with E-state index in [1.54, 1.807) is 6.92 Å². The minimum atomic E-state index is -0.419. The zero-order chi connectivity index (χ0) is 15.0.